The minimum Gasteiger partial charge on any atom is -0.352 e. The van der Waals surface area contributed by atoms with E-state index < -0.39 is 0 Å². The lowest BCUT2D eigenvalue weighted by Gasteiger charge is -2.17. The number of nitrogens with one attached hydrogen (secondary N) is 2. The summed E-state index contributed by atoms with van der Waals surface area (Å²) in [5, 5.41) is 5.67. The van der Waals surface area contributed by atoms with E-state index in [0.717, 1.165) is 24.1 Å². The topological polar surface area (TPSA) is 84.2 Å². The lowest BCUT2D eigenvalue weighted by molar-refractivity contribution is -0.116. The van der Waals surface area contributed by atoms with Crippen molar-refractivity contribution < 1.29 is 9.59 Å². The summed E-state index contributed by atoms with van der Waals surface area (Å²) in [6.07, 6.45) is 2.98. The molecular formula is C14H19N3O2. The Labute approximate surface area is 112 Å². The highest BCUT2D eigenvalue weighted by Crippen LogP contribution is 2.23. The van der Waals surface area contributed by atoms with Gasteiger partial charge in [-0.1, -0.05) is 0 Å². The van der Waals surface area contributed by atoms with Crippen molar-refractivity contribution in [1.29, 1.82) is 0 Å². The van der Waals surface area contributed by atoms with Crippen molar-refractivity contribution in [3.63, 3.8) is 0 Å². The van der Waals surface area contributed by atoms with E-state index in [2.05, 4.69) is 10.6 Å². The van der Waals surface area contributed by atoms with Crippen molar-refractivity contribution in [3.05, 3.63) is 29.3 Å². The van der Waals surface area contributed by atoms with Crippen LogP contribution in [0.15, 0.2) is 18.2 Å². The summed E-state index contributed by atoms with van der Waals surface area (Å²) >= 11 is 0. The molecule has 2 amide bonds. The lowest BCUT2D eigenvalue weighted by Crippen LogP contribution is -2.25. The number of anilines is 1. The number of nitrogens with two attached hydrogens (primary N) is 1. The molecule has 0 spiro atoms. The zero-order valence-corrected chi connectivity index (χ0v) is 10.9. The van der Waals surface area contributed by atoms with E-state index in [4.69, 9.17) is 5.73 Å². The molecule has 2 rings (SSSR count). The van der Waals surface area contributed by atoms with Crippen molar-refractivity contribution in [2.24, 2.45) is 5.73 Å². The van der Waals surface area contributed by atoms with E-state index in [1.807, 2.05) is 6.07 Å². The van der Waals surface area contributed by atoms with Crippen LogP contribution in [0, 0.1) is 0 Å². The maximum atomic E-state index is 11.9. The van der Waals surface area contributed by atoms with Crippen molar-refractivity contribution in [3.8, 4) is 0 Å². The van der Waals surface area contributed by atoms with Gasteiger partial charge in [-0.2, -0.15) is 0 Å². The molecule has 0 radical (unpaired) electrons. The third-order valence-electron chi connectivity index (χ3n) is 3.18. The predicted molar refractivity (Wildman–Crippen MR) is 74.0 cm³/mol. The van der Waals surface area contributed by atoms with Crippen LogP contribution in [-0.2, 0) is 11.2 Å². The lowest BCUT2D eigenvalue weighted by atomic mass is 10.00. The molecule has 5 nitrogen and oxygen atoms in total. The largest absolute Gasteiger partial charge is 0.352 e. The minimum atomic E-state index is -0.0725. The summed E-state index contributed by atoms with van der Waals surface area (Å²) in [5.41, 5.74) is 7.88. The molecule has 1 aromatic carbocycles. The summed E-state index contributed by atoms with van der Waals surface area (Å²) < 4.78 is 0. The molecule has 0 atom stereocenters. The summed E-state index contributed by atoms with van der Waals surface area (Å²) in [7, 11) is 0. The fraction of sp³-hybridized carbons (Fsp3) is 0.429. The second kappa shape index (κ2) is 6.33. The zero-order valence-electron chi connectivity index (χ0n) is 10.9. The van der Waals surface area contributed by atoms with Gasteiger partial charge < -0.3 is 16.4 Å². The Morgan fingerprint density at radius 2 is 2.16 bits per heavy atom. The molecule has 19 heavy (non-hydrogen) atoms. The first-order chi connectivity index (χ1) is 9.20. The van der Waals surface area contributed by atoms with Gasteiger partial charge in [0.1, 0.15) is 0 Å². The molecule has 1 aromatic rings. The van der Waals surface area contributed by atoms with E-state index in [1.54, 1.807) is 12.1 Å². The number of unbranched alkanes of at least 4 members (excludes halogenated alkanes) is 1. The summed E-state index contributed by atoms with van der Waals surface area (Å²) in [6, 6.07) is 5.39. The molecule has 102 valence electrons. The second-order valence-electron chi connectivity index (χ2n) is 4.67. The van der Waals surface area contributed by atoms with Gasteiger partial charge in [0.25, 0.3) is 5.91 Å². The first-order valence-electron chi connectivity index (χ1n) is 6.62. The van der Waals surface area contributed by atoms with Crippen LogP contribution in [0.25, 0.3) is 0 Å². The van der Waals surface area contributed by atoms with E-state index >= 15 is 0 Å². The van der Waals surface area contributed by atoms with Crippen LogP contribution in [0.4, 0.5) is 5.69 Å². The molecule has 4 N–H and O–H groups in total. The molecule has 0 bridgehead atoms. The number of amides is 2. The van der Waals surface area contributed by atoms with Crippen LogP contribution in [0.5, 0.6) is 0 Å². The highest BCUT2D eigenvalue weighted by molar-refractivity contribution is 5.97. The van der Waals surface area contributed by atoms with E-state index in [1.165, 1.54) is 0 Å². The Bertz CT molecular complexity index is 486. The van der Waals surface area contributed by atoms with Gasteiger partial charge in [-0.05, 0) is 49.6 Å². The summed E-state index contributed by atoms with van der Waals surface area (Å²) in [6.45, 7) is 1.29. The number of carbonyl (C=O) groups excluding carboxylic acids is 2. The highest BCUT2D eigenvalue weighted by atomic mass is 16.2. The first-order valence-corrected chi connectivity index (χ1v) is 6.62. The Hall–Kier alpha value is -1.88. The maximum absolute atomic E-state index is 11.9. The quantitative estimate of drug-likeness (QED) is 0.692. The second-order valence-corrected chi connectivity index (χ2v) is 4.67. The molecular weight excluding hydrogens is 242 g/mol. The van der Waals surface area contributed by atoms with Gasteiger partial charge in [-0.15, -0.1) is 0 Å². The van der Waals surface area contributed by atoms with Crippen LogP contribution in [0.1, 0.15) is 35.2 Å². The van der Waals surface area contributed by atoms with Crippen molar-refractivity contribution >= 4 is 17.5 Å². The minimum absolute atomic E-state index is 0.0338. The SMILES string of the molecule is NCCCCNC(=O)c1ccc2c(c1)CCC(=O)N2. The Morgan fingerprint density at radius 1 is 1.32 bits per heavy atom. The van der Waals surface area contributed by atoms with Crippen LogP contribution < -0.4 is 16.4 Å². The van der Waals surface area contributed by atoms with Gasteiger partial charge in [0.05, 0.1) is 0 Å². The van der Waals surface area contributed by atoms with Gasteiger partial charge in [-0.25, -0.2) is 0 Å². The Morgan fingerprint density at radius 3 is 2.95 bits per heavy atom. The van der Waals surface area contributed by atoms with Crippen LogP contribution in [-0.4, -0.2) is 24.9 Å². The molecule has 1 aliphatic heterocycles. The highest BCUT2D eigenvalue weighted by Gasteiger charge is 2.16. The fourth-order valence-corrected chi connectivity index (χ4v) is 2.10. The van der Waals surface area contributed by atoms with Gasteiger partial charge >= 0.3 is 0 Å². The van der Waals surface area contributed by atoms with Gasteiger partial charge in [0.2, 0.25) is 5.91 Å². The number of fused-ring (bicyclic) bond motifs is 1. The Kier molecular flexibility index (Phi) is 4.52. The Balaban J connectivity index is 1.97. The first kappa shape index (κ1) is 13.5. The average Bonchev–Trinajstić information content (AvgIpc) is 2.42. The van der Waals surface area contributed by atoms with Crippen LogP contribution >= 0.6 is 0 Å². The van der Waals surface area contributed by atoms with Crippen molar-refractivity contribution in [2.75, 3.05) is 18.4 Å². The number of rotatable bonds is 5. The van der Waals surface area contributed by atoms with E-state index in [-0.39, 0.29) is 11.8 Å². The maximum Gasteiger partial charge on any atom is 0.251 e. The summed E-state index contributed by atoms with van der Waals surface area (Å²) in [4.78, 5) is 23.2. The number of carbonyl (C=O) groups is 2. The molecule has 0 saturated carbocycles. The number of aryl methyl sites for hydroxylation is 1. The third-order valence-corrected chi connectivity index (χ3v) is 3.18. The molecule has 1 heterocycles. The molecule has 0 aromatic heterocycles. The monoisotopic (exact) mass is 261 g/mol. The normalized spacial score (nSPS) is 13.6. The molecule has 0 fully saturated rings. The van der Waals surface area contributed by atoms with E-state index in [0.29, 0.717) is 31.5 Å². The third kappa shape index (κ3) is 3.54. The number of hydrogen-bond acceptors (Lipinski definition) is 3. The average molecular weight is 261 g/mol. The van der Waals surface area contributed by atoms with Crippen molar-refractivity contribution in [2.45, 2.75) is 25.7 Å². The number of hydrogen-bond donors (Lipinski definition) is 3. The zero-order chi connectivity index (χ0) is 13.7. The molecule has 0 saturated heterocycles. The van der Waals surface area contributed by atoms with Gasteiger partial charge in [0, 0.05) is 24.2 Å². The van der Waals surface area contributed by atoms with E-state index in [9.17, 15) is 9.59 Å². The summed E-state index contributed by atoms with van der Waals surface area (Å²) in [5.74, 6) is -0.0387. The smallest absolute Gasteiger partial charge is 0.251 e. The molecule has 0 unspecified atom stereocenters. The molecule has 5 heteroatoms. The number of benzene rings is 1. The predicted octanol–water partition coefficient (Wildman–Crippen LogP) is 1.04. The molecule has 1 aliphatic rings. The standard InChI is InChI=1S/C14H19N3O2/c15-7-1-2-8-16-14(19)11-3-5-12-10(9-11)4-6-13(18)17-12/h3,5,9H,1-2,4,6-8,15H2,(H,16,19)(H,17,18). The van der Waals surface area contributed by atoms with Crippen LogP contribution in [0.2, 0.25) is 0 Å². The fourth-order valence-electron chi connectivity index (χ4n) is 2.10. The molecule has 0 aliphatic carbocycles. The van der Waals surface area contributed by atoms with Crippen LogP contribution in [0.3, 0.4) is 0 Å². The van der Waals surface area contributed by atoms with Gasteiger partial charge in [0.15, 0.2) is 0 Å². The van der Waals surface area contributed by atoms with Gasteiger partial charge in [-0.3, -0.25) is 9.59 Å². The van der Waals surface area contributed by atoms with Crippen molar-refractivity contribution in [1.82, 2.24) is 5.32 Å².